The van der Waals surface area contributed by atoms with Crippen LogP contribution >= 0.6 is 0 Å². The lowest BCUT2D eigenvalue weighted by Crippen LogP contribution is -2.42. The van der Waals surface area contributed by atoms with E-state index in [0.29, 0.717) is 0 Å². The molecular formula is C17H32O4S. The highest BCUT2D eigenvalue weighted by molar-refractivity contribution is 7.80. The van der Waals surface area contributed by atoms with Gasteiger partial charge in [-0.2, -0.15) is 0 Å². The highest BCUT2D eigenvalue weighted by atomic mass is 32.2. The van der Waals surface area contributed by atoms with E-state index in [2.05, 4.69) is 24.1 Å². The number of carbonyl (C=O) groups is 1. The zero-order valence-corrected chi connectivity index (χ0v) is 15.0. The third kappa shape index (κ3) is 7.90. The minimum atomic E-state index is -1.40. The molecule has 5 heteroatoms. The fraction of sp³-hybridized carbons (Fsp3) is 0.706. The Morgan fingerprint density at radius 2 is 1.77 bits per heavy atom. The van der Waals surface area contributed by atoms with Crippen LogP contribution in [-0.4, -0.2) is 28.6 Å². The standard InChI is InChI=1S/C16H28O4S.CH4/c1-8-13(2)12-15(3,4)16(5,6)20-14(17)10-9-11-21(18)19-7;/h9-10,12H,8,11H2,1-7H3;1H4/b10-9+,13-12-;. The van der Waals surface area contributed by atoms with Crippen molar-refractivity contribution < 1.29 is 17.9 Å². The van der Waals surface area contributed by atoms with Gasteiger partial charge in [-0.3, -0.25) is 4.18 Å². The molecule has 0 bridgehead atoms. The van der Waals surface area contributed by atoms with Gasteiger partial charge in [0.15, 0.2) is 11.1 Å². The highest BCUT2D eigenvalue weighted by Gasteiger charge is 2.38. The first-order chi connectivity index (χ1) is 9.55. The Labute approximate surface area is 138 Å². The molecule has 0 saturated heterocycles. The summed E-state index contributed by atoms with van der Waals surface area (Å²) >= 11 is -1.40. The predicted molar refractivity (Wildman–Crippen MR) is 93.9 cm³/mol. The minimum absolute atomic E-state index is 0. The molecule has 0 spiro atoms. The third-order valence-electron chi connectivity index (χ3n) is 3.74. The van der Waals surface area contributed by atoms with Crippen LogP contribution in [0.5, 0.6) is 0 Å². The first-order valence-corrected chi connectivity index (χ1v) is 8.30. The van der Waals surface area contributed by atoms with Crippen LogP contribution in [0.15, 0.2) is 23.8 Å². The summed E-state index contributed by atoms with van der Waals surface area (Å²) in [5.74, 6) is -0.270. The number of esters is 1. The molecule has 0 heterocycles. The second-order valence-corrected chi connectivity index (χ2v) is 7.31. The normalized spacial score (nSPS) is 14.6. The minimum Gasteiger partial charge on any atom is -0.456 e. The molecule has 0 saturated carbocycles. The van der Waals surface area contributed by atoms with Crippen molar-refractivity contribution in [1.29, 1.82) is 0 Å². The van der Waals surface area contributed by atoms with Crippen molar-refractivity contribution in [3.8, 4) is 0 Å². The lowest BCUT2D eigenvalue weighted by atomic mass is 9.75. The Morgan fingerprint density at radius 1 is 1.23 bits per heavy atom. The van der Waals surface area contributed by atoms with Crippen LogP contribution < -0.4 is 0 Å². The molecule has 0 rings (SSSR count). The first-order valence-electron chi connectivity index (χ1n) is 7.06. The SMILES string of the molecule is C.CC/C(C)=C\C(C)(C)C(C)(C)OC(=O)/C=C/CS(=O)OC. The maximum atomic E-state index is 11.9. The summed E-state index contributed by atoms with van der Waals surface area (Å²) in [6.45, 7) is 12.0. The molecule has 0 N–H and O–H groups in total. The van der Waals surface area contributed by atoms with Crippen LogP contribution in [0.25, 0.3) is 0 Å². The second kappa shape index (κ2) is 9.95. The van der Waals surface area contributed by atoms with Gasteiger partial charge in [-0.1, -0.05) is 45.9 Å². The highest BCUT2D eigenvalue weighted by Crippen LogP contribution is 2.36. The number of ether oxygens (including phenoxy) is 1. The fourth-order valence-corrected chi connectivity index (χ4v) is 1.99. The molecule has 0 aromatic rings. The van der Waals surface area contributed by atoms with Crippen molar-refractivity contribution in [2.75, 3.05) is 12.9 Å². The number of carbonyl (C=O) groups excluding carboxylic acids is 1. The van der Waals surface area contributed by atoms with Crippen molar-refractivity contribution in [2.24, 2.45) is 5.41 Å². The molecule has 0 aliphatic rings. The van der Waals surface area contributed by atoms with Crippen molar-refractivity contribution in [3.63, 3.8) is 0 Å². The van der Waals surface area contributed by atoms with Crippen LogP contribution in [0.2, 0.25) is 0 Å². The first kappa shape index (κ1) is 23.3. The van der Waals surface area contributed by atoms with Crippen LogP contribution in [0, 0.1) is 5.41 Å². The lowest BCUT2D eigenvalue weighted by Gasteiger charge is -2.39. The monoisotopic (exact) mass is 332 g/mol. The van der Waals surface area contributed by atoms with E-state index < -0.39 is 22.7 Å². The molecular weight excluding hydrogens is 300 g/mol. The molecule has 0 aliphatic carbocycles. The number of hydrogen-bond acceptors (Lipinski definition) is 4. The Bertz CT molecular complexity index is 434. The fourth-order valence-electron chi connectivity index (χ4n) is 1.60. The molecule has 22 heavy (non-hydrogen) atoms. The molecule has 1 atom stereocenters. The van der Waals surface area contributed by atoms with E-state index in [-0.39, 0.29) is 18.6 Å². The molecule has 0 fully saturated rings. The molecule has 0 aromatic heterocycles. The van der Waals surface area contributed by atoms with E-state index in [9.17, 15) is 9.00 Å². The van der Waals surface area contributed by atoms with Crippen molar-refractivity contribution in [1.82, 2.24) is 0 Å². The van der Waals surface area contributed by atoms with E-state index >= 15 is 0 Å². The maximum absolute atomic E-state index is 11.9. The Balaban J connectivity index is 0. The lowest BCUT2D eigenvalue weighted by molar-refractivity contribution is -0.158. The summed E-state index contributed by atoms with van der Waals surface area (Å²) in [6, 6.07) is 0. The Hall–Kier alpha value is -0.940. The van der Waals surface area contributed by atoms with Gasteiger partial charge in [0.05, 0.1) is 12.9 Å². The average Bonchev–Trinajstić information content (AvgIpc) is 2.36. The molecule has 0 amide bonds. The second-order valence-electron chi connectivity index (χ2n) is 6.04. The molecule has 0 radical (unpaired) electrons. The van der Waals surface area contributed by atoms with Crippen molar-refractivity contribution in [3.05, 3.63) is 23.8 Å². The topological polar surface area (TPSA) is 52.6 Å². The third-order valence-corrected chi connectivity index (χ3v) is 4.58. The summed E-state index contributed by atoms with van der Waals surface area (Å²) in [7, 11) is 1.36. The summed E-state index contributed by atoms with van der Waals surface area (Å²) in [5, 5.41) is 0. The number of rotatable bonds is 8. The zero-order valence-electron chi connectivity index (χ0n) is 14.2. The van der Waals surface area contributed by atoms with E-state index in [4.69, 9.17) is 4.74 Å². The number of allylic oxidation sites excluding steroid dienone is 1. The van der Waals surface area contributed by atoms with Crippen LogP contribution in [0.3, 0.4) is 0 Å². The van der Waals surface area contributed by atoms with Gasteiger partial charge in [-0.25, -0.2) is 9.00 Å². The molecule has 1 unspecified atom stereocenters. The molecule has 4 nitrogen and oxygen atoms in total. The maximum Gasteiger partial charge on any atom is 0.331 e. The van der Waals surface area contributed by atoms with Gasteiger partial charge >= 0.3 is 5.97 Å². The van der Waals surface area contributed by atoms with Gasteiger partial charge in [0.1, 0.15) is 5.60 Å². The molecule has 130 valence electrons. The summed E-state index contributed by atoms with van der Waals surface area (Å²) in [6.07, 6.45) is 5.91. The summed E-state index contributed by atoms with van der Waals surface area (Å²) in [5.41, 5.74) is 0.326. The van der Waals surface area contributed by atoms with Crippen LogP contribution in [0.4, 0.5) is 0 Å². The van der Waals surface area contributed by atoms with Gasteiger partial charge in [-0.15, -0.1) is 0 Å². The van der Waals surface area contributed by atoms with Gasteiger partial charge in [0.25, 0.3) is 0 Å². The van der Waals surface area contributed by atoms with Crippen molar-refractivity contribution in [2.45, 2.75) is 61.0 Å². The quantitative estimate of drug-likeness (QED) is 0.380. The van der Waals surface area contributed by atoms with E-state index in [1.165, 1.54) is 24.8 Å². The average molecular weight is 333 g/mol. The van der Waals surface area contributed by atoms with Crippen molar-refractivity contribution >= 4 is 17.0 Å². The van der Waals surface area contributed by atoms with E-state index in [1.807, 2.05) is 27.7 Å². The van der Waals surface area contributed by atoms with Crippen LogP contribution in [-0.2, 0) is 24.8 Å². The van der Waals surface area contributed by atoms with Gasteiger partial charge in [0.2, 0.25) is 0 Å². The van der Waals surface area contributed by atoms with Crippen LogP contribution in [0.1, 0.15) is 55.4 Å². The zero-order chi connectivity index (χ0) is 16.7. The molecule has 0 aliphatic heterocycles. The predicted octanol–water partition coefficient (Wildman–Crippen LogP) is 4.19. The molecule has 0 aromatic carbocycles. The largest absolute Gasteiger partial charge is 0.456 e. The van der Waals surface area contributed by atoms with E-state index in [1.54, 1.807) is 0 Å². The Kier molecular flexibility index (Phi) is 10.6. The number of hydrogen-bond donors (Lipinski definition) is 0. The van der Waals surface area contributed by atoms with E-state index in [0.717, 1.165) is 6.42 Å². The smallest absolute Gasteiger partial charge is 0.331 e. The summed E-state index contributed by atoms with van der Waals surface area (Å²) < 4.78 is 21.2. The van der Waals surface area contributed by atoms with Gasteiger partial charge in [-0.05, 0) is 27.2 Å². The van der Waals surface area contributed by atoms with Gasteiger partial charge in [0, 0.05) is 11.5 Å². The Morgan fingerprint density at radius 3 is 2.23 bits per heavy atom. The van der Waals surface area contributed by atoms with Gasteiger partial charge < -0.3 is 4.74 Å². The summed E-state index contributed by atoms with van der Waals surface area (Å²) in [4.78, 5) is 11.9.